The Bertz CT molecular complexity index is 678. The molecule has 0 unspecified atom stereocenters. The van der Waals surface area contributed by atoms with E-state index in [1.165, 1.54) is 29.5 Å². The summed E-state index contributed by atoms with van der Waals surface area (Å²) in [5.41, 5.74) is 4.18. The Morgan fingerprint density at radius 3 is 2.86 bits per heavy atom. The van der Waals surface area contributed by atoms with Gasteiger partial charge in [0.2, 0.25) is 5.91 Å². The Kier molecular flexibility index (Phi) is 4.85. The molecule has 0 aliphatic carbocycles. The predicted molar refractivity (Wildman–Crippen MR) is 83.4 cm³/mol. The number of carbonyl (C=O) groups excluding carboxylic acids is 1. The van der Waals surface area contributed by atoms with Gasteiger partial charge in [0.15, 0.2) is 0 Å². The number of aryl methyl sites for hydroxylation is 1. The van der Waals surface area contributed by atoms with Gasteiger partial charge in [0, 0.05) is 18.0 Å². The van der Waals surface area contributed by atoms with Crippen molar-refractivity contribution in [3.8, 4) is 0 Å². The van der Waals surface area contributed by atoms with E-state index >= 15 is 0 Å². The number of thiazole rings is 1. The molecule has 0 aliphatic rings. The van der Waals surface area contributed by atoms with Crippen LogP contribution in [0.1, 0.15) is 23.1 Å². The van der Waals surface area contributed by atoms with E-state index in [4.69, 9.17) is 0 Å². The zero-order chi connectivity index (χ0) is 15.4. The van der Waals surface area contributed by atoms with Gasteiger partial charge in [0.1, 0.15) is 5.82 Å². The molecule has 0 N–H and O–H groups in total. The third-order valence-corrected chi connectivity index (χ3v) is 4.14. The molecule has 5 heteroatoms. The standard InChI is InChI=1S/C16H17FN2OS/c1-11(13-5-4-6-14(17)8-13)7-16(20)19(3)9-15-12(2)18-10-21-15/h4-8,10H,9H2,1-3H3/b11-7-. The summed E-state index contributed by atoms with van der Waals surface area (Å²) in [5.74, 6) is -0.411. The van der Waals surface area contributed by atoms with Crippen molar-refractivity contribution in [3.63, 3.8) is 0 Å². The van der Waals surface area contributed by atoms with Crippen molar-refractivity contribution in [1.82, 2.24) is 9.88 Å². The monoisotopic (exact) mass is 304 g/mol. The van der Waals surface area contributed by atoms with Gasteiger partial charge in [-0.05, 0) is 37.1 Å². The van der Waals surface area contributed by atoms with Crippen LogP contribution in [0.2, 0.25) is 0 Å². The van der Waals surface area contributed by atoms with E-state index < -0.39 is 0 Å². The van der Waals surface area contributed by atoms with Crippen molar-refractivity contribution < 1.29 is 9.18 Å². The lowest BCUT2D eigenvalue weighted by atomic mass is 10.1. The molecule has 0 atom stereocenters. The minimum absolute atomic E-state index is 0.107. The lowest BCUT2D eigenvalue weighted by molar-refractivity contribution is -0.125. The fourth-order valence-corrected chi connectivity index (χ4v) is 2.71. The Hall–Kier alpha value is -2.01. The molecule has 0 spiro atoms. The van der Waals surface area contributed by atoms with Crippen LogP contribution in [0.5, 0.6) is 0 Å². The average Bonchev–Trinajstić information content (AvgIpc) is 2.84. The van der Waals surface area contributed by atoms with Crippen LogP contribution in [0.3, 0.4) is 0 Å². The molecule has 1 heterocycles. The Labute approximate surface area is 127 Å². The summed E-state index contributed by atoms with van der Waals surface area (Å²) in [6.07, 6.45) is 1.53. The Morgan fingerprint density at radius 2 is 2.24 bits per heavy atom. The number of hydrogen-bond acceptors (Lipinski definition) is 3. The van der Waals surface area contributed by atoms with Crippen LogP contribution in [0, 0.1) is 12.7 Å². The smallest absolute Gasteiger partial charge is 0.246 e. The molecule has 1 aromatic carbocycles. The molecule has 0 saturated carbocycles. The highest BCUT2D eigenvalue weighted by Gasteiger charge is 2.10. The average molecular weight is 304 g/mol. The van der Waals surface area contributed by atoms with E-state index in [1.807, 2.05) is 6.92 Å². The van der Waals surface area contributed by atoms with Gasteiger partial charge in [-0.25, -0.2) is 9.37 Å². The first kappa shape index (κ1) is 15.4. The van der Waals surface area contributed by atoms with Crippen LogP contribution in [-0.2, 0) is 11.3 Å². The number of hydrogen-bond donors (Lipinski definition) is 0. The van der Waals surface area contributed by atoms with Gasteiger partial charge in [-0.3, -0.25) is 4.79 Å². The lowest BCUT2D eigenvalue weighted by Gasteiger charge is -2.15. The van der Waals surface area contributed by atoms with Gasteiger partial charge in [0.05, 0.1) is 17.7 Å². The molecule has 110 valence electrons. The molecule has 2 aromatic rings. The number of carbonyl (C=O) groups is 1. The number of amides is 1. The minimum Gasteiger partial charge on any atom is -0.337 e. The molecule has 21 heavy (non-hydrogen) atoms. The summed E-state index contributed by atoms with van der Waals surface area (Å²) in [5, 5.41) is 0. The van der Waals surface area contributed by atoms with Crippen molar-refractivity contribution in [1.29, 1.82) is 0 Å². The third kappa shape index (κ3) is 3.98. The van der Waals surface area contributed by atoms with Gasteiger partial charge in [-0.15, -0.1) is 11.3 Å². The predicted octanol–water partition coefficient (Wildman–Crippen LogP) is 3.65. The lowest BCUT2D eigenvalue weighted by Crippen LogP contribution is -2.24. The number of likely N-dealkylation sites (N-methyl/N-ethyl adjacent to an activating group) is 1. The first-order chi connectivity index (χ1) is 9.97. The van der Waals surface area contributed by atoms with Gasteiger partial charge >= 0.3 is 0 Å². The molecule has 0 fully saturated rings. The molecule has 1 aromatic heterocycles. The second-order valence-electron chi connectivity index (χ2n) is 4.89. The van der Waals surface area contributed by atoms with Crippen molar-refractivity contribution in [3.05, 3.63) is 57.8 Å². The molecular weight excluding hydrogens is 287 g/mol. The van der Waals surface area contributed by atoms with E-state index in [1.54, 1.807) is 36.5 Å². The molecule has 3 nitrogen and oxygen atoms in total. The third-order valence-electron chi connectivity index (χ3n) is 3.22. The molecule has 2 rings (SSSR count). The summed E-state index contributed by atoms with van der Waals surface area (Å²) in [6.45, 7) is 4.26. The van der Waals surface area contributed by atoms with Crippen molar-refractivity contribution in [2.75, 3.05) is 7.05 Å². The number of rotatable bonds is 4. The van der Waals surface area contributed by atoms with E-state index in [2.05, 4.69) is 4.98 Å². The number of nitrogens with zero attached hydrogens (tertiary/aromatic N) is 2. The van der Waals surface area contributed by atoms with E-state index in [0.29, 0.717) is 12.1 Å². The van der Waals surface area contributed by atoms with Crippen LogP contribution in [0.15, 0.2) is 35.9 Å². The number of halogens is 1. The van der Waals surface area contributed by atoms with E-state index in [0.717, 1.165) is 16.1 Å². The largest absolute Gasteiger partial charge is 0.337 e. The summed E-state index contributed by atoms with van der Waals surface area (Å²) in [6, 6.07) is 6.23. The minimum atomic E-state index is -0.304. The van der Waals surface area contributed by atoms with E-state index in [-0.39, 0.29) is 11.7 Å². The van der Waals surface area contributed by atoms with Crippen LogP contribution in [0.25, 0.3) is 5.57 Å². The first-order valence-corrected chi connectivity index (χ1v) is 7.43. The van der Waals surface area contributed by atoms with E-state index in [9.17, 15) is 9.18 Å². The van der Waals surface area contributed by atoms with Crippen molar-refractivity contribution >= 4 is 22.8 Å². The maximum Gasteiger partial charge on any atom is 0.246 e. The van der Waals surface area contributed by atoms with Gasteiger partial charge in [-0.2, -0.15) is 0 Å². The molecule has 0 aliphatic heterocycles. The Morgan fingerprint density at radius 1 is 1.48 bits per heavy atom. The number of benzene rings is 1. The van der Waals surface area contributed by atoms with Crippen molar-refractivity contribution in [2.24, 2.45) is 0 Å². The number of aromatic nitrogens is 1. The molecule has 0 bridgehead atoms. The zero-order valence-electron chi connectivity index (χ0n) is 12.3. The SMILES string of the molecule is C/C(=C/C(=O)N(C)Cc1scnc1C)c1cccc(F)c1. The van der Waals surface area contributed by atoms with Gasteiger partial charge in [0.25, 0.3) is 0 Å². The molecule has 1 amide bonds. The molecule has 0 radical (unpaired) electrons. The van der Waals surface area contributed by atoms with Gasteiger partial charge < -0.3 is 4.90 Å². The maximum atomic E-state index is 13.2. The number of allylic oxidation sites excluding steroid dienone is 1. The summed E-state index contributed by atoms with van der Waals surface area (Å²) >= 11 is 1.54. The maximum absolute atomic E-state index is 13.2. The highest BCUT2D eigenvalue weighted by Crippen LogP contribution is 2.17. The topological polar surface area (TPSA) is 33.2 Å². The Balaban J connectivity index is 2.09. The fourth-order valence-electron chi connectivity index (χ4n) is 1.88. The van der Waals surface area contributed by atoms with Crippen LogP contribution in [-0.4, -0.2) is 22.8 Å². The first-order valence-electron chi connectivity index (χ1n) is 6.55. The quantitative estimate of drug-likeness (QED) is 0.808. The molecule has 0 saturated heterocycles. The van der Waals surface area contributed by atoms with Crippen LogP contribution in [0.4, 0.5) is 4.39 Å². The molecular formula is C16H17FN2OS. The van der Waals surface area contributed by atoms with Crippen LogP contribution >= 0.6 is 11.3 Å². The zero-order valence-corrected chi connectivity index (χ0v) is 13.1. The second kappa shape index (κ2) is 6.63. The highest BCUT2D eigenvalue weighted by atomic mass is 32.1. The second-order valence-corrected chi connectivity index (χ2v) is 5.83. The summed E-state index contributed by atoms with van der Waals surface area (Å²) < 4.78 is 13.2. The van der Waals surface area contributed by atoms with Crippen LogP contribution < -0.4 is 0 Å². The normalized spacial score (nSPS) is 11.5. The van der Waals surface area contributed by atoms with Crippen molar-refractivity contribution in [2.45, 2.75) is 20.4 Å². The summed E-state index contributed by atoms with van der Waals surface area (Å²) in [7, 11) is 1.75. The highest BCUT2D eigenvalue weighted by molar-refractivity contribution is 7.09. The summed E-state index contributed by atoms with van der Waals surface area (Å²) in [4.78, 5) is 19.1. The fraction of sp³-hybridized carbons (Fsp3) is 0.250. The van der Waals surface area contributed by atoms with Gasteiger partial charge in [-0.1, -0.05) is 12.1 Å².